The van der Waals surface area contributed by atoms with Crippen molar-refractivity contribution < 1.29 is 4.79 Å². The Labute approximate surface area is 104 Å². The number of unbranched alkanes of at least 4 members (excludes halogenated alkanes) is 1. The van der Waals surface area contributed by atoms with Gasteiger partial charge in [0, 0.05) is 5.56 Å². The van der Waals surface area contributed by atoms with Crippen molar-refractivity contribution in [1.82, 2.24) is 0 Å². The summed E-state index contributed by atoms with van der Waals surface area (Å²) < 4.78 is 0. The maximum absolute atomic E-state index is 12.2. The van der Waals surface area contributed by atoms with E-state index in [1.807, 2.05) is 19.9 Å². The molecule has 94 valence electrons. The zero-order valence-electron chi connectivity index (χ0n) is 11.3. The van der Waals surface area contributed by atoms with E-state index in [1.54, 1.807) is 0 Å². The third-order valence-corrected chi connectivity index (χ3v) is 3.31. The van der Waals surface area contributed by atoms with Crippen molar-refractivity contribution in [1.29, 1.82) is 0 Å². The van der Waals surface area contributed by atoms with Crippen molar-refractivity contribution >= 4 is 5.78 Å². The number of carbonyl (C=O) groups is 1. The first-order chi connectivity index (χ1) is 7.97. The summed E-state index contributed by atoms with van der Waals surface area (Å²) in [5, 5.41) is 0. The van der Waals surface area contributed by atoms with Crippen LogP contribution in [0.1, 0.15) is 53.2 Å². The number of hydrogen-bond acceptors (Lipinski definition) is 2. The Kier molecular flexibility index (Phi) is 4.88. The zero-order chi connectivity index (χ0) is 13.0. The van der Waals surface area contributed by atoms with Gasteiger partial charge in [0.15, 0.2) is 5.78 Å². The smallest absolute Gasteiger partial charge is 0.179 e. The molecular weight excluding hydrogens is 210 g/mol. The van der Waals surface area contributed by atoms with E-state index in [9.17, 15) is 4.79 Å². The molecule has 0 spiro atoms. The van der Waals surface area contributed by atoms with Crippen LogP contribution in [0.4, 0.5) is 0 Å². The van der Waals surface area contributed by atoms with Gasteiger partial charge in [-0.3, -0.25) is 4.79 Å². The molecule has 0 aromatic heterocycles. The summed E-state index contributed by atoms with van der Waals surface area (Å²) >= 11 is 0. The van der Waals surface area contributed by atoms with Gasteiger partial charge in [-0.2, -0.15) is 0 Å². The number of hydrogen-bond donors (Lipinski definition) is 1. The molecule has 1 unspecified atom stereocenters. The van der Waals surface area contributed by atoms with Gasteiger partial charge in [0.2, 0.25) is 0 Å². The minimum Gasteiger partial charge on any atom is -0.321 e. The van der Waals surface area contributed by atoms with E-state index in [0.717, 1.165) is 36.0 Å². The van der Waals surface area contributed by atoms with Gasteiger partial charge in [0.25, 0.3) is 0 Å². The molecule has 17 heavy (non-hydrogen) atoms. The van der Waals surface area contributed by atoms with Gasteiger partial charge in [-0.05, 0) is 49.9 Å². The number of ketones is 1. The molecule has 2 nitrogen and oxygen atoms in total. The van der Waals surface area contributed by atoms with Crippen LogP contribution in [0.2, 0.25) is 0 Å². The number of nitrogens with two attached hydrogens (primary N) is 1. The maximum Gasteiger partial charge on any atom is 0.179 e. The molecule has 2 heteroatoms. The predicted molar refractivity (Wildman–Crippen MR) is 72.5 cm³/mol. The minimum atomic E-state index is -0.351. The monoisotopic (exact) mass is 233 g/mol. The second kappa shape index (κ2) is 5.97. The lowest BCUT2D eigenvalue weighted by atomic mass is 9.93. The molecule has 0 bridgehead atoms. The van der Waals surface area contributed by atoms with Crippen LogP contribution in [0.15, 0.2) is 12.1 Å². The standard InChI is InChI=1S/C15H23NO/c1-5-6-7-14(16)15(17)13-9-11(3)10(2)8-12(13)4/h8-9,14H,5-7,16H2,1-4H3. The first-order valence-electron chi connectivity index (χ1n) is 6.35. The number of rotatable bonds is 5. The van der Waals surface area contributed by atoms with E-state index in [0.29, 0.717) is 0 Å². The summed E-state index contributed by atoms with van der Waals surface area (Å²) in [6.07, 6.45) is 2.87. The van der Waals surface area contributed by atoms with E-state index in [4.69, 9.17) is 5.73 Å². The molecule has 0 heterocycles. The summed E-state index contributed by atoms with van der Waals surface area (Å²) in [6.45, 7) is 8.18. The summed E-state index contributed by atoms with van der Waals surface area (Å²) in [5.74, 6) is 0.0825. The fourth-order valence-electron chi connectivity index (χ4n) is 1.98. The van der Waals surface area contributed by atoms with Crippen molar-refractivity contribution in [2.75, 3.05) is 0 Å². The fourth-order valence-corrected chi connectivity index (χ4v) is 1.98. The molecule has 0 aliphatic carbocycles. The Balaban J connectivity index is 2.92. The van der Waals surface area contributed by atoms with E-state index in [2.05, 4.69) is 19.9 Å². The molecule has 1 rings (SSSR count). The lowest BCUT2D eigenvalue weighted by Gasteiger charge is -2.13. The third-order valence-electron chi connectivity index (χ3n) is 3.31. The van der Waals surface area contributed by atoms with Gasteiger partial charge < -0.3 is 5.73 Å². The predicted octanol–water partition coefficient (Wildman–Crippen LogP) is 3.31. The maximum atomic E-state index is 12.2. The van der Waals surface area contributed by atoms with Crippen molar-refractivity contribution in [3.8, 4) is 0 Å². The number of aryl methyl sites for hydroxylation is 3. The molecule has 0 saturated heterocycles. The first kappa shape index (κ1) is 13.9. The Morgan fingerprint density at radius 1 is 1.18 bits per heavy atom. The van der Waals surface area contributed by atoms with Gasteiger partial charge in [-0.1, -0.05) is 25.8 Å². The normalized spacial score (nSPS) is 12.5. The van der Waals surface area contributed by atoms with Crippen molar-refractivity contribution in [2.24, 2.45) is 5.73 Å². The van der Waals surface area contributed by atoms with Crippen LogP contribution in [0.3, 0.4) is 0 Å². The highest BCUT2D eigenvalue weighted by atomic mass is 16.1. The van der Waals surface area contributed by atoms with Gasteiger partial charge in [-0.15, -0.1) is 0 Å². The van der Waals surface area contributed by atoms with E-state index >= 15 is 0 Å². The topological polar surface area (TPSA) is 43.1 Å². The molecule has 0 saturated carbocycles. The Morgan fingerprint density at radius 3 is 2.35 bits per heavy atom. The van der Waals surface area contributed by atoms with E-state index in [-0.39, 0.29) is 11.8 Å². The lowest BCUT2D eigenvalue weighted by Crippen LogP contribution is -2.31. The van der Waals surface area contributed by atoms with Crippen LogP contribution in [0.5, 0.6) is 0 Å². The SMILES string of the molecule is CCCCC(N)C(=O)c1cc(C)c(C)cc1C. The van der Waals surface area contributed by atoms with Crippen LogP contribution in [-0.4, -0.2) is 11.8 Å². The Morgan fingerprint density at radius 2 is 1.76 bits per heavy atom. The van der Waals surface area contributed by atoms with Crippen LogP contribution in [-0.2, 0) is 0 Å². The molecule has 0 radical (unpaired) electrons. The second-order valence-electron chi connectivity index (χ2n) is 4.86. The molecule has 0 aliphatic heterocycles. The van der Waals surface area contributed by atoms with E-state index in [1.165, 1.54) is 5.56 Å². The zero-order valence-corrected chi connectivity index (χ0v) is 11.3. The molecule has 1 aromatic rings. The average molecular weight is 233 g/mol. The van der Waals surface area contributed by atoms with Crippen molar-refractivity contribution in [3.05, 3.63) is 34.4 Å². The molecule has 0 amide bonds. The largest absolute Gasteiger partial charge is 0.321 e. The molecule has 2 N–H and O–H groups in total. The fraction of sp³-hybridized carbons (Fsp3) is 0.533. The van der Waals surface area contributed by atoms with E-state index < -0.39 is 0 Å². The van der Waals surface area contributed by atoms with Crippen LogP contribution in [0, 0.1) is 20.8 Å². The molecule has 1 atom stereocenters. The minimum absolute atomic E-state index is 0.0825. The molecule has 1 aromatic carbocycles. The van der Waals surface area contributed by atoms with Gasteiger partial charge >= 0.3 is 0 Å². The quantitative estimate of drug-likeness (QED) is 0.793. The number of Topliss-reactive ketones (excluding diaryl/α,β-unsaturated/α-hetero) is 1. The van der Waals surface area contributed by atoms with Gasteiger partial charge in [0.1, 0.15) is 0 Å². The summed E-state index contributed by atoms with van der Waals surface area (Å²) in [4.78, 5) is 12.2. The molecule has 0 fully saturated rings. The third kappa shape index (κ3) is 3.40. The van der Waals surface area contributed by atoms with Crippen molar-refractivity contribution in [2.45, 2.75) is 53.0 Å². The highest BCUT2D eigenvalue weighted by Crippen LogP contribution is 2.17. The molecule has 0 aliphatic rings. The number of benzene rings is 1. The summed E-state index contributed by atoms with van der Waals surface area (Å²) in [5.41, 5.74) is 10.1. The highest BCUT2D eigenvalue weighted by Gasteiger charge is 2.17. The first-order valence-corrected chi connectivity index (χ1v) is 6.35. The van der Waals surface area contributed by atoms with Gasteiger partial charge in [0.05, 0.1) is 6.04 Å². The van der Waals surface area contributed by atoms with Crippen LogP contribution >= 0.6 is 0 Å². The van der Waals surface area contributed by atoms with Gasteiger partial charge in [-0.25, -0.2) is 0 Å². The molecular formula is C15H23NO. The second-order valence-corrected chi connectivity index (χ2v) is 4.86. The van der Waals surface area contributed by atoms with Crippen LogP contribution in [0.25, 0.3) is 0 Å². The summed E-state index contributed by atoms with van der Waals surface area (Å²) in [6, 6.07) is 3.68. The number of carbonyl (C=O) groups excluding carboxylic acids is 1. The lowest BCUT2D eigenvalue weighted by molar-refractivity contribution is 0.0955. The Hall–Kier alpha value is -1.15. The summed E-state index contributed by atoms with van der Waals surface area (Å²) in [7, 11) is 0. The van der Waals surface area contributed by atoms with Crippen LogP contribution < -0.4 is 5.73 Å². The van der Waals surface area contributed by atoms with Crippen molar-refractivity contribution in [3.63, 3.8) is 0 Å². The average Bonchev–Trinajstić information content (AvgIpc) is 2.29. The highest BCUT2D eigenvalue weighted by molar-refractivity contribution is 6.01. The Bertz CT molecular complexity index is 410.